The molecule has 1 saturated heterocycles. The van der Waals surface area contributed by atoms with Gasteiger partial charge < -0.3 is 19.7 Å². The van der Waals surface area contributed by atoms with E-state index in [0.29, 0.717) is 25.9 Å². The zero-order valence-corrected chi connectivity index (χ0v) is 15.0. The summed E-state index contributed by atoms with van der Waals surface area (Å²) in [5, 5.41) is 11.3. The molecule has 1 heterocycles. The summed E-state index contributed by atoms with van der Waals surface area (Å²) in [6, 6.07) is 10.2. The van der Waals surface area contributed by atoms with E-state index in [1.807, 2.05) is 35.3 Å². The Bertz CT molecular complexity index is 676. The van der Waals surface area contributed by atoms with Crippen LogP contribution in [0.15, 0.2) is 48.6 Å². The Balaban J connectivity index is 1.48. The highest BCUT2D eigenvalue weighted by Crippen LogP contribution is 2.27. The van der Waals surface area contributed by atoms with Crippen LogP contribution in [0.1, 0.15) is 18.4 Å². The molecule has 1 N–H and O–H groups in total. The minimum Gasteiger partial charge on any atom is -0.550 e. The van der Waals surface area contributed by atoms with Crippen molar-refractivity contribution in [3.8, 4) is 0 Å². The lowest BCUT2D eigenvalue weighted by molar-refractivity contribution is -0.898. The van der Waals surface area contributed by atoms with E-state index >= 15 is 0 Å². The van der Waals surface area contributed by atoms with Crippen LogP contribution in [0.25, 0.3) is 6.08 Å². The number of carbonyl (C=O) groups excluding carboxylic acids is 2. The molecule has 5 nitrogen and oxygen atoms in total. The number of piperazine rings is 1. The summed E-state index contributed by atoms with van der Waals surface area (Å²) in [4.78, 5) is 27.3. The van der Waals surface area contributed by atoms with Gasteiger partial charge in [0.1, 0.15) is 0 Å². The van der Waals surface area contributed by atoms with E-state index in [1.165, 1.54) is 10.5 Å². The summed E-state index contributed by atoms with van der Waals surface area (Å²) < 4.78 is 0. The van der Waals surface area contributed by atoms with Gasteiger partial charge in [0.15, 0.2) is 0 Å². The van der Waals surface area contributed by atoms with Gasteiger partial charge in [0, 0.05) is 17.8 Å². The van der Waals surface area contributed by atoms with Crippen molar-refractivity contribution in [3.05, 3.63) is 54.1 Å². The van der Waals surface area contributed by atoms with Gasteiger partial charge in [-0.1, -0.05) is 48.6 Å². The molecule has 2 atom stereocenters. The molecule has 2 aliphatic rings. The number of carboxylic acids is 1. The topological polar surface area (TPSA) is 64.9 Å². The Morgan fingerprint density at radius 3 is 2.38 bits per heavy atom. The zero-order chi connectivity index (χ0) is 18.4. The number of nitrogens with one attached hydrogen (secondary N) is 1. The standard InChI is InChI=1S/C21H26N2O3/c24-20(18-10-4-5-11-19(18)21(25)26)23-15-13-22(14-16-23)12-6-9-17-7-2-1-3-8-17/h1-9,18-19H,10-16H2,(H,25,26)/b9-6+/t18-,19+/m1/s1. The molecule has 3 rings (SSSR count). The van der Waals surface area contributed by atoms with Gasteiger partial charge in [-0.25, -0.2) is 0 Å². The number of allylic oxidation sites excluding steroid dienone is 2. The molecule has 1 fully saturated rings. The van der Waals surface area contributed by atoms with Crippen molar-refractivity contribution in [2.45, 2.75) is 12.8 Å². The maximum absolute atomic E-state index is 12.8. The Kier molecular flexibility index (Phi) is 6.23. The van der Waals surface area contributed by atoms with Gasteiger partial charge in [-0.15, -0.1) is 0 Å². The molecule has 1 aliphatic carbocycles. The number of quaternary nitrogens is 1. The van der Waals surface area contributed by atoms with Gasteiger partial charge >= 0.3 is 0 Å². The molecular weight excluding hydrogens is 328 g/mol. The Hall–Kier alpha value is -2.40. The van der Waals surface area contributed by atoms with Gasteiger partial charge in [-0.3, -0.25) is 4.79 Å². The van der Waals surface area contributed by atoms with Crippen molar-refractivity contribution in [2.24, 2.45) is 11.8 Å². The van der Waals surface area contributed by atoms with E-state index in [-0.39, 0.29) is 5.91 Å². The Morgan fingerprint density at radius 1 is 1.08 bits per heavy atom. The van der Waals surface area contributed by atoms with Crippen molar-refractivity contribution >= 4 is 18.0 Å². The van der Waals surface area contributed by atoms with Crippen LogP contribution in [-0.2, 0) is 9.59 Å². The van der Waals surface area contributed by atoms with Crippen LogP contribution < -0.4 is 10.0 Å². The first-order valence-electron chi connectivity index (χ1n) is 9.35. The number of rotatable bonds is 5. The summed E-state index contributed by atoms with van der Waals surface area (Å²) in [6.07, 6.45) is 8.96. The molecule has 1 amide bonds. The van der Waals surface area contributed by atoms with Crippen LogP contribution in [0.2, 0.25) is 0 Å². The number of nitrogens with zero attached hydrogens (tertiary/aromatic N) is 1. The summed E-state index contributed by atoms with van der Waals surface area (Å²) >= 11 is 0. The average molecular weight is 354 g/mol. The molecule has 1 aliphatic heterocycles. The van der Waals surface area contributed by atoms with E-state index in [4.69, 9.17) is 0 Å². The largest absolute Gasteiger partial charge is 0.550 e. The van der Waals surface area contributed by atoms with E-state index < -0.39 is 17.8 Å². The van der Waals surface area contributed by atoms with E-state index in [2.05, 4.69) is 24.3 Å². The second-order valence-corrected chi connectivity index (χ2v) is 7.07. The van der Waals surface area contributed by atoms with Crippen LogP contribution in [-0.4, -0.2) is 49.5 Å². The fourth-order valence-corrected chi connectivity index (χ4v) is 3.76. The van der Waals surface area contributed by atoms with Crippen molar-refractivity contribution in [1.29, 1.82) is 0 Å². The number of hydrogen-bond acceptors (Lipinski definition) is 3. The van der Waals surface area contributed by atoms with Gasteiger partial charge in [0.25, 0.3) is 0 Å². The summed E-state index contributed by atoms with van der Waals surface area (Å²) in [6.45, 7) is 4.10. The normalized spacial score (nSPS) is 24.1. The number of benzene rings is 1. The molecular formula is C21H26N2O3. The quantitative estimate of drug-likeness (QED) is 0.743. The molecule has 5 heteroatoms. The third-order valence-corrected chi connectivity index (χ3v) is 5.35. The maximum atomic E-state index is 12.8. The van der Waals surface area contributed by atoms with Crippen LogP contribution in [0.5, 0.6) is 0 Å². The van der Waals surface area contributed by atoms with Gasteiger partial charge in [0.05, 0.1) is 32.7 Å². The minimum atomic E-state index is -1.11. The van der Waals surface area contributed by atoms with E-state index in [1.54, 1.807) is 0 Å². The first kappa shape index (κ1) is 18.4. The Labute approximate surface area is 154 Å². The maximum Gasteiger partial charge on any atom is 0.227 e. The van der Waals surface area contributed by atoms with Crippen molar-refractivity contribution in [1.82, 2.24) is 4.90 Å². The van der Waals surface area contributed by atoms with Crippen LogP contribution in [0.4, 0.5) is 0 Å². The predicted molar refractivity (Wildman–Crippen MR) is 98.0 cm³/mol. The highest BCUT2D eigenvalue weighted by Gasteiger charge is 2.34. The molecule has 0 radical (unpaired) electrons. The number of amides is 1. The second kappa shape index (κ2) is 8.81. The molecule has 0 bridgehead atoms. The highest BCUT2D eigenvalue weighted by atomic mass is 16.4. The lowest BCUT2D eigenvalue weighted by atomic mass is 9.82. The van der Waals surface area contributed by atoms with Gasteiger partial charge in [-0.2, -0.15) is 0 Å². The van der Waals surface area contributed by atoms with Crippen LogP contribution in [0.3, 0.4) is 0 Å². The summed E-state index contributed by atoms with van der Waals surface area (Å²) in [5.74, 6) is -2.29. The van der Waals surface area contributed by atoms with E-state index in [9.17, 15) is 14.7 Å². The monoisotopic (exact) mass is 354 g/mol. The predicted octanol–water partition coefficient (Wildman–Crippen LogP) is -0.241. The third-order valence-electron chi connectivity index (χ3n) is 5.35. The molecule has 0 saturated carbocycles. The first-order valence-corrected chi connectivity index (χ1v) is 9.35. The highest BCUT2D eigenvalue weighted by molar-refractivity contribution is 5.84. The lowest BCUT2D eigenvalue weighted by Gasteiger charge is -2.36. The number of carbonyl (C=O) groups is 2. The van der Waals surface area contributed by atoms with Gasteiger partial charge in [0.2, 0.25) is 5.91 Å². The second-order valence-electron chi connectivity index (χ2n) is 7.07. The molecule has 0 spiro atoms. The van der Waals surface area contributed by atoms with E-state index in [0.717, 1.165) is 19.6 Å². The molecule has 1 aromatic carbocycles. The van der Waals surface area contributed by atoms with Crippen molar-refractivity contribution < 1.29 is 19.6 Å². The number of aliphatic carboxylic acids is 1. The summed E-state index contributed by atoms with van der Waals surface area (Å²) in [7, 11) is 0. The Morgan fingerprint density at radius 2 is 1.73 bits per heavy atom. The smallest absolute Gasteiger partial charge is 0.227 e. The minimum absolute atomic E-state index is 0.0255. The van der Waals surface area contributed by atoms with Gasteiger partial charge in [-0.05, 0) is 24.5 Å². The molecule has 0 aromatic heterocycles. The van der Waals surface area contributed by atoms with Crippen molar-refractivity contribution in [3.63, 3.8) is 0 Å². The molecule has 1 aromatic rings. The molecule has 138 valence electrons. The SMILES string of the molecule is O=C([O-])[C@H]1CC=CC[C@H]1C(=O)N1CC[NH+](C/C=C/c2ccccc2)CC1. The van der Waals surface area contributed by atoms with Crippen LogP contribution in [0, 0.1) is 11.8 Å². The summed E-state index contributed by atoms with van der Waals surface area (Å²) in [5.41, 5.74) is 1.19. The molecule has 0 unspecified atom stereocenters. The molecule has 26 heavy (non-hydrogen) atoms. The fraction of sp³-hybridized carbons (Fsp3) is 0.429. The first-order chi connectivity index (χ1) is 12.6. The number of carboxylic acid groups (broad SMARTS) is 1. The van der Waals surface area contributed by atoms with Crippen molar-refractivity contribution in [2.75, 3.05) is 32.7 Å². The van der Waals surface area contributed by atoms with Crippen LogP contribution >= 0.6 is 0 Å². The number of hydrogen-bond donors (Lipinski definition) is 1. The zero-order valence-electron chi connectivity index (χ0n) is 15.0. The average Bonchev–Trinajstić information content (AvgIpc) is 2.69. The fourth-order valence-electron chi connectivity index (χ4n) is 3.76. The lowest BCUT2D eigenvalue weighted by Crippen LogP contribution is -3.14. The third kappa shape index (κ3) is 4.61.